The largest absolute Gasteiger partial charge is 0.488 e. The molecule has 5 aromatic carbocycles. The standard InChI is InChI=1S/C43H43ClN2O4S/c1-45(51-39-24-21-37(44)22-25-39)29-42(47)46(28-32-17-19-36(20-18-32)35-15-9-4-10-16-35)38-23-26-40(43(48)50-31-34-13-7-3-8-14-34)41(27-38)49-30-33-11-5-2-6-12-33/h2-3,5-8,11-14,17-27,35H,4,9-10,15-16,28-31H2,1H3. The zero-order valence-corrected chi connectivity index (χ0v) is 30.5. The molecule has 262 valence electrons. The Labute approximate surface area is 310 Å². The highest BCUT2D eigenvalue weighted by atomic mass is 35.5. The lowest BCUT2D eigenvalue weighted by molar-refractivity contribution is -0.118. The van der Waals surface area contributed by atoms with E-state index >= 15 is 0 Å². The van der Waals surface area contributed by atoms with Crippen LogP contribution in [0.25, 0.3) is 0 Å². The maximum absolute atomic E-state index is 14.2. The molecule has 0 radical (unpaired) electrons. The normalized spacial score (nSPS) is 13.2. The van der Waals surface area contributed by atoms with Crippen LogP contribution in [0.3, 0.4) is 0 Å². The van der Waals surface area contributed by atoms with Gasteiger partial charge in [0.05, 0.1) is 13.1 Å². The molecule has 1 aliphatic carbocycles. The summed E-state index contributed by atoms with van der Waals surface area (Å²) in [5, 5.41) is 0.663. The third-order valence-electron chi connectivity index (χ3n) is 9.08. The van der Waals surface area contributed by atoms with Crippen LogP contribution in [0.2, 0.25) is 5.02 Å². The van der Waals surface area contributed by atoms with Crippen molar-refractivity contribution in [2.45, 2.75) is 62.7 Å². The first-order valence-electron chi connectivity index (χ1n) is 17.5. The second-order valence-corrected chi connectivity index (χ2v) is 14.6. The first-order chi connectivity index (χ1) is 24.9. The number of hydrogen-bond donors (Lipinski definition) is 0. The van der Waals surface area contributed by atoms with Crippen LogP contribution >= 0.6 is 23.5 Å². The van der Waals surface area contributed by atoms with Gasteiger partial charge in [0.2, 0.25) is 5.91 Å². The molecule has 51 heavy (non-hydrogen) atoms. The SMILES string of the molecule is CN(CC(=O)N(Cc1ccc(C2CCCCC2)cc1)c1ccc(C(=O)OCc2ccccc2)c(OCc2ccccc2)c1)Sc1ccc(Cl)cc1. The van der Waals surface area contributed by atoms with Crippen molar-refractivity contribution in [3.8, 4) is 5.75 Å². The van der Waals surface area contributed by atoms with E-state index in [1.54, 1.807) is 23.1 Å². The van der Waals surface area contributed by atoms with Crippen molar-refractivity contribution in [3.63, 3.8) is 0 Å². The number of esters is 1. The maximum atomic E-state index is 14.2. The van der Waals surface area contributed by atoms with Crippen molar-refractivity contribution in [2.75, 3.05) is 18.5 Å². The molecule has 0 aliphatic heterocycles. The molecule has 1 amide bonds. The number of amides is 1. The van der Waals surface area contributed by atoms with Crippen LogP contribution in [-0.4, -0.2) is 29.8 Å². The zero-order valence-electron chi connectivity index (χ0n) is 28.9. The van der Waals surface area contributed by atoms with E-state index in [0.717, 1.165) is 21.6 Å². The lowest BCUT2D eigenvalue weighted by Gasteiger charge is -2.27. The summed E-state index contributed by atoms with van der Waals surface area (Å²) in [5.74, 6) is 0.360. The van der Waals surface area contributed by atoms with Gasteiger partial charge in [-0.25, -0.2) is 9.10 Å². The van der Waals surface area contributed by atoms with Crippen LogP contribution in [0.1, 0.15) is 70.6 Å². The average molecular weight is 719 g/mol. The summed E-state index contributed by atoms with van der Waals surface area (Å²) in [7, 11) is 1.90. The number of likely N-dealkylation sites (N-methyl/N-ethyl adjacent to an activating group) is 1. The van der Waals surface area contributed by atoms with Gasteiger partial charge in [-0.3, -0.25) is 4.79 Å². The molecule has 1 saturated carbocycles. The van der Waals surface area contributed by atoms with E-state index in [1.165, 1.54) is 49.6 Å². The first-order valence-corrected chi connectivity index (χ1v) is 18.6. The first kappa shape index (κ1) is 36.2. The number of carbonyl (C=O) groups is 2. The van der Waals surface area contributed by atoms with Gasteiger partial charge in [0, 0.05) is 21.7 Å². The minimum absolute atomic E-state index is 0.0938. The summed E-state index contributed by atoms with van der Waals surface area (Å²) in [6.07, 6.45) is 6.33. The molecule has 0 atom stereocenters. The third-order valence-corrected chi connectivity index (χ3v) is 10.3. The van der Waals surface area contributed by atoms with E-state index in [-0.39, 0.29) is 25.7 Å². The zero-order chi connectivity index (χ0) is 35.4. The van der Waals surface area contributed by atoms with E-state index in [9.17, 15) is 9.59 Å². The molecule has 8 heteroatoms. The summed E-state index contributed by atoms with van der Waals surface area (Å²) in [4.78, 5) is 30.4. The van der Waals surface area contributed by atoms with Crippen molar-refractivity contribution in [2.24, 2.45) is 0 Å². The van der Waals surface area contributed by atoms with Gasteiger partial charge in [-0.1, -0.05) is 116 Å². The lowest BCUT2D eigenvalue weighted by Crippen LogP contribution is -2.37. The molecule has 0 N–H and O–H groups in total. The van der Waals surface area contributed by atoms with Gasteiger partial charge in [0.1, 0.15) is 24.5 Å². The van der Waals surface area contributed by atoms with Crippen LogP contribution < -0.4 is 9.64 Å². The topological polar surface area (TPSA) is 59.1 Å². The highest BCUT2D eigenvalue weighted by Gasteiger charge is 2.23. The number of benzene rings is 5. The van der Waals surface area contributed by atoms with Gasteiger partial charge >= 0.3 is 5.97 Å². The van der Waals surface area contributed by atoms with Gasteiger partial charge in [-0.15, -0.1) is 0 Å². The van der Waals surface area contributed by atoms with Crippen molar-refractivity contribution in [1.29, 1.82) is 0 Å². The Kier molecular flexibility index (Phi) is 12.9. The van der Waals surface area contributed by atoms with E-state index in [0.29, 0.717) is 34.5 Å². The Balaban J connectivity index is 1.27. The van der Waals surface area contributed by atoms with Crippen molar-refractivity contribution >= 4 is 41.1 Å². The number of ether oxygens (including phenoxy) is 2. The van der Waals surface area contributed by atoms with E-state index in [4.69, 9.17) is 21.1 Å². The molecule has 6 rings (SSSR count). The summed E-state index contributed by atoms with van der Waals surface area (Å²) in [6, 6.07) is 40.9. The van der Waals surface area contributed by atoms with Gasteiger partial charge < -0.3 is 14.4 Å². The average Bonchev–Trinajstić information content (AvgIpc) is 3.17. The molecule has 0 aromatic heterocycles. The molecule has 6 nitrogen and oxygen atoms in total. The van der Waals surface area contributed by atoms with Crippen molar-refractivity contribution in [3.05, 3.63) is 160 Å². The second-order valence-electron chi connectivity index (χ2n) is 12.9. The molecule has 0 unspecified atom stereocenters. The number of hydrogen-bond acceptors (Lipinski definition) is 6. The predicted molar refractivity (Wildman–Crippen MR) is 206 cm³/mol. The molecular formula is C43H43ClN2O4S. The van der Waals surface area contributed by atoms with Crippen molar-refractivity contribution in [1.82, 2.24) is 4.31 Å². The fraction of sp³-hybridized carbons (Fsp3) is 0.256. The Morgan fingerprint density at radius 1 is 0.745 bits per heavy atom. The molecule has 0 saturated heterocycles. The van der Waals surface area contributed by atoms with Gasteiger partial charge in [-0.2, -0.15) is 0 Å². The summed E-state index contributed by atoms with van der Waals surface area (Å²) >= 11 is 7.57. The summed E-state index contributed by atoms with van der Waals surface area (Å²) < 4.78 is 13.9. The molecule has 1 aliphatic rings. The van der Waals surface area contributed by atoms with Crippen LogP contribution in [0.15, 0.2) is 132 Å². The van der Waals surface area contributed by atoms with Crippen LogP contribution in [0, 0.1) is 0 Å². The van der Waals surface area contributed by atoms with Crippen LogP contribution in [0.5, 0.6) is 5.75 Å². The molecule has 5 aromatic rings. The highest BCUT2D eigenvalue weighted by Crippen LogP contribution is 2.34. The monoisotopic (exact) mass is 718 g/mol. The van der Waals surface area contributed by atoms with E-state index in [1.807, 2.05) is 96.3 Å². The third kappa shape index (κ3) is 10.5. The fourth-order valence-corrected chi connectivity index (χ4v) is 7.24. The second kappa shape index (κ2) is 18.1. The number of anilines is 1. The van der Waals surface area contributed by atoms with Gasteiger partial charge in [0.15, 0.2) is 0 Å². The Hall–Kier alpha value is -4.56. The van der Waals surface area contributed by atoms with Gasteiger partial charge in [0.25, 0.3) is 0 Å². The van der Waals surface area contributed by atoms with Crippen LogP contribution in [-0.2, 0) is 29.3 Å². The number of nitrogens with zero attached hydrogens (tertiary/aromatic N) is 2. The highest BCUT2D eigenvalue weighted by molar-refractivity contribution is 7.97. The molecule has 0 bridgehead atoms. The minimum Gasteiger partial charge on any atom is -0.488 e. The van der Waals surface area contributed by atoms with Crippen LogP contribution in [0.4, 0.5) is 5.69 Å². The maximum Gasteiger partial charge on any atom is 0.342 e. The van der Waals surface area contributed by atoms with Gasteiger partial charge in [-0.05, 0) is 96.4 Å². The number of carbonyl (C=O) groups excluding carboxylic acids is 2. The summed E-state index contributed by atoms with van der Waals surface area (Å²) in [6.45, 7) is 0.895. The molecule has 0 heterocycles. The predicted octanol–water partition coefficient (Wildman–Crippen LogP) is 10.5. The van der Waals surface area contributed by atoms with E-state index < -0.39 is 5.97 Å². The Bertz CT molecular complexity index is 1860. The lowest BCUT2D eigenvalue weighted by atomic mass is 9.84. The summed E-state index contributed by atoms with van der Waals surface area (Å²) in [5.41, 5.74) is 5.16. The Morgan fingerprint density at radius 3 is 2.06 bits per heavy atom. The van der Waals surface area contributed by atoms with E-state index in [2.05, 4.69) is 24.3 Å². The quantitative estimate of drug-likeness (QED) is 0.0841. The molecule has 1 fully saturated rings. The molecule has 0 spiro atoms. The minimum atomic E-state index is -0.497. The smallest absolute Gasteiger partial charge is 0.342 e. The molecular weight excluding hydrogens is 676 g/mol. The fourth-order valence-electron chi connectivity index (χ4n) is 6.32. The Morgan fingerprint density at radius 2 is 1.39 bits per heavy atom. The number of halogens is 1. The van der Waals surface area contributed by atoms with Crippen molar-refractivity contribution < 1.29 is 19.1 Å². The number of rotatable bonds is 14.